The molecule has 0 amide bonds. The molecule has 25 heavy (non-hydrogen) atoms. The third-order valence-corrected chi connectivity index (χ3v) is 3.34. The van der Waals surface area contributed by atoms with Gasteiger partial charge in [-0.2, -0.15) is 13.2 Å². The molecule has 3 rings (SSSR count). The van der Waals surface area contributed by atoms with Crippen molar-refractivity contribution in [3.8, 4) is 22.8 Å². The summed E-state index contributed by atoms with van der Waals surface area (Å²) in [5, 5.41) is 10.5. The monoisotopic (exact) mass is 346 g/mol. The summed E-state index contributed by atoms with van der Waals surface area (Å²) in [6, 6.07) is 11.6. The van der Waals surface area contributed by atoms with E-state index in [9.17, 15) is 13.2 Å². The molecule has 0 saturated heterocycles. The summed E-state index contributed by atoms with van der Waals surface area (Å²) in [4.78, 5) is 3.91. The van der Waals surface area contributed by atoms with Gasteiger partial charge in [-0.1, -0.05) is 23.4 Å². The number of benzene rings is 2. The van der Waals surface area contributed by atoms with Crippen LogP contribution in [0.1, 0.15) is 11.3 Å². The van der Waals surface area contributed by atoms with E-state index in [0.29, 0.717) is 22.7 Å². The maximum absolute atomic E-state index is 12.8. The molecule has 0 aliphatic heterocycles. The third kappa shape index (κ3) is 3.85. The van der Waals surface area contributed by atoms with Crippen molar-refractivity contribution in [3.63, 3.8) is 0 Å². The Labute approximate surface area is 141 Å². The fraction of sp³-hybridized carbons (Fsp3) is 0.118. The van der Waals surface area contributed by atoms with Crippen molar-refractivity contribution < 1.29 is 17.9 Å². The van der Waals surface area contributed by atoms with Crippen molar-refractivity contribution in [2.45, 2.75) is 6.18 Å². The number of aromatic amines is 1. The average Bonchev–Trinajstić information content (AvgIpc) is 3.03. The minimum Gasteiger partial charge on any atom is -0.457 e. The molecule has 0 saturated carbocycles. The van der Waals surface area contributed by atoms with Crippen LogP contribution in [0.15, 0.2) is 53.5 Å². The number of halogens is 3. The van der Waals surface area contributed by atoms with Gasteiger partial charge in [-0.3, -0.25) is 10.1 Å². The van der Waals surface area contributed by atoms with Gasteiger partial charge in [-0.15, -0.1) is 5.10 Å². The minimum absolute atomic E-state index is 0.0995. The van der Waals surface area contributed by atoms with Gasteiger partial charge in [0.25, 0.3) is 0 Å². The Morgan fingerprint density at radius 3 is 2.52 bits per heavy atom. The van der Waals surface area contributed by atoms with Crippen LogP contribution in [-0.4, -0.2) is 28.7 Å². The maximum Gasteiger partial charge on any atom is 0.416 e. The average molecular weight is 346 g/mol. The molecular formula is C17H13F3N4O. The Hall–Kier alpha value is -3.16. The highest BCUT2D eigenvalue weighted by Crippen LogP contribution is 2.33. The number of hydrogen-bond donors (Lipinski definition) is 1. The summed E-state index contributed by atoms with van der Waals surface area (Å²) in [6.45, 7) is 0. The van der Waals surface area contributed by atoms with E-state index in [0.717, 1.165) is 12.1 Å². The molecule has 0 aliphatic carbocycles. The maximum atomic E-state index is 12.8. The van der Waals surface area contributed by atoms with Crippen molar-refractivity contribution in [2.75, 3.05) is 7.05 Å². The minimum atomic E-state index is -4.42. The molecule has 0 bridgehead atoms. The largest absolute Gasteiger partial charge is 0.457 e. The number of nitrogens with zero attached hydrogens (tertiary/aromatic N) is 3. The molecule has 1 heterocycles. The van der Waals surface area contributed by atoms with Gasteiger partial charge in [0.05, 0.1) is 5.56 Å². The molecule has 0 unspecified atom stereocenters. The number of rotatable bonds is 4. The molecule has 5 nitrogen and oxygen atoms in total. The highest BCUT2D eigenvalue weighted by molar-refractivity contribution is 5.86. The highest BCUT2D eigenvalue weighted by Gasteiger charge is 2.30. The van der Waals surface area contributed by atoms with Crippen LogP contribution in [0.3, 0.4) is 0 Å². The SMILES string of the molecule is C/N=C/c1[nH]nnc1-c1cccc(Oc2cccc(C(F)(F)F)c2)c1. The lowest BCUT2D eigenvalue weighted by atomic mass is 10.1. The summed E-state index contributed by atoms with van der Waals surface area (Å²) in [5.74, 6) is 0.488. The molecule has 2 aromatic carbocycles. The number of alkyl halides is 3. The number of aliphatic imine (C=N–C) groups is 1. The fourth-order valence-corrected chi connectivity index (χ4v) is 2.25. The fourth-order valence-electron chi connectivity index (χ4n) is 2.25. The smallest absolute Gasteiger partial charge is 0.416 e. The van der Waals surface area contributed by atoms with Crippen molar-refractivity contribution >= 4 is 6.21 Å². The van der Waals surface area contributed by atoms with Crippen molar-refractivity contribution in [1.29, 1.82) is 0 Å². The standard InChI is InChI=1S/C17H13F3N4O/c1-21-10-15-16(23-24-22-15)11-4-2-6-13(8-11)25-14-7-3-5-12(9-14)17(18,19)20/h2-10H,1H3,(H,22,23,24)/b21-10+. The summed E-state index contributed by atoms with van der Waals surface area (Å²) < 4.78 is 43.9. The van der Waals surface area contributed by atoms with Crippen molar-refractivity contribution in [1.82, 2.24) is 15.4 Å². The lowest BCUT2D eigenvalue weighted by Gasteiger charge is -2.10. The first-order valence-corrected chi connectivity index (χ1v) is 7.26. The number of hydrogen-bond acceptors (Lipinski definition) is 4. The molecule has 0 aliphatic rings. The lowest BCUT2D eigenvalue weighted by molar-refractivity contribution is -0.137. The first-order valence-electron chi connectivity index (χ1n) is 7.26. The van der Waals surface area contributed by atoms with E-state index in [1.807, 2.05) is 0 Å². The molecule has 0 spiro atoms. The normalized spacial score (nSPS) is 11.8. The topological polar surface area (TPSA) is 63.2 Å². The van der Waals surface area contributed by atoms with E-state index in [-0.39, 0.29) is 5.75 Å². The quantitative estimate of drug-likeness (QED) is 0.715. The predicted molar refractivity (Wildman–Crippen MR) is 86.9 cm³/mol. The molecule has 8 heteroatoms. The Morgan fingerprint density at radius 2 is 1.80 bits per heavy atom. The van der Waals surface area contributed by atoms with Gasteiger partial charge in [0, 0.05) is 18.8 Å². The molecule has 0 atom stereocenters. The summed E-state index contributed by atoms with van der Waals surface area (Å²) >= 11 is 0. The Kier molecular flexibility index (Phi) is 4.51. The van der Waals surface area contributed by atoms with Crippen LogP contribution in [-0.2, 0) is 6.18 Å². The first kappa shape index (κ1) is 16.7. The zero-order chi connectivity index (χ0) is 17.9. The zero-order valence-corrected chi connectivity index (χ0v) is 13.1. The zero-order valence-electron chi connectivity index (χ0n) is 13.1. The molecule has 128 valence electrons. The van der Waals surface area contributed by atoms with E-state index in [1.54, 1.807) is 37.5 Å². The lowest BCUT2D eigenvalue weighted by Crippen LogP contribution is -2.04. The van der Waals surface area contributed by atoms with Gasteiger partial charge in [0.15, 0.2) is 0 Å². The Balaban J connectivity index is 1.89. The van der Waals surface area contributed by atoms with Crippen LogP contribution in [0.25, 0.3) is 11.3 Å². The van der Waals surface area contributed by atoms with Crippen molar-refractivity contribution in [2.24, 2.45) is 4.99 Å². The van der Waals surface area contributed by atoms with Crippen LogP contribution in [0.5, 0.6) is 11.5 Å². The van der Waals surface area contributed by atoms with Crippen LogP contribution in [0.4, 0.5) is 13.2 Å². The Morgan fingerprint density at radius 1 is 1.08 bits per heavy atom. The summed E-state index contributed by atoms with van der Waals surface area (Å²) in [5.41, 5.74) is 1.13. The molecule has 3 aromatic rings. The number of ether oxygens (including phenoxy) is 1. The second-order valence-electron chi connectivity index (χ2n) is 5.12. The van der Waals surface area contributed by atoms with Crippen LogP contribution in [0.2, 0.25) is 0 Å². The molecule has 0 radical (unpaired) electrons. The van der Waals surface area contributed by atoms with Gasteiger partial charge in [-0.25, -0.2) is 0 Å². The molecule has 1 N–H and O–H groups in total. The Bertz CT molecular complexity index is 903. The second kappa shape index (κ2) is 6.76. The van der Waals surface area contributed by atoms with Gasteiger partial charge < -0.3 is 4.74 Å². The van der Waals surface area contributed by atoms with Crippen LogP contribution in [0, 0.1) is 0 Å². The third-order valence-electron chi connectivity index (χ3n) is 3.34. The van der Waals surface area contributed by atoms with E-state index in [2.05, 4.69) is 20.4 Å². The first-order chi connectivity index (χ1) is 12.0. The molecule has 1 aromatic heterocycles. The van der Waals surface area contributed by atoms with E-state index in [4.69, 9.17) is 4.74 Å². The number of H-pyrrole nitrogens is 1. The molecular weight excluding hydrogens is 333 g/mol. The van der Waals surface area contributed by atoms with Gasteiger partial charge in [-0.05, 0) is 30.3 Å². The predicted octanol–water partition coefficient (Wildman–Crippen LogP) is 4.33. The second-order valence-corrected chi connectivity index (χ2v) is 5.12. The summed E-state index contributed by atoms with van der Waals surface area (Å²) in [7, 11) is 1.62. The van der Waals surface area contributed by atoms with Gasteiger partial charge in [0.1, 0.15) is 22.9 Å². The number of aromatic nitrogens is 3. The van der Waals surface area contributed by atoms with Crippen LogP contribution < -0.4 is 4.74 Å². The van der Waals surface area contributed by atoms with Crippen LogP contribution >= 0.6 is 0 Å². The van der Waals surface area contributed by atoms with E-state index in [1.165, 1.54) is 12.1 Å². The van der Waals surface area contributed by atoms with E-state index >= 15 is 0 Å². The van der Waals surface area contributed by atoms with Crippen molar-refractivity contribution in [3.05, 3.63) is 59.8 Å². The van der Waals surface area contributed by atoms with Gasteiger partial charge >= 0.3 is 6.18 Å². The molecule has 0 fully saturated rings. The number of nitrogens with one attached hydrogen (secondary N) is 1. The van der Waals surface area contributed by atoms with Gasteiger partial charge in [0.2, 0.25) is 0 Å². The highest BCUT2D eigenvalue weighted by atomic mass is 19.4. The van der Waals surface area contributed by atoms with E-state index < -0.39 is 11.7 Å². The summed E-state index contributed by atoms with van der Waals surface area (Å²) in [6.07, 6.45) is -2.84.